The number of aryl methyl sites for hydroxylation is 1. The van der Waals surface area contributed by atoms with Gasteiger partial charge in [0.15, 0.2) is 0 Å². The highest BCUT2D eigenvalue weighted by atomic mass is 32.2. The molecular formula is C40H47F2N7O2S2. The average Bonchev–Trinajstić information content (AvgIpc) is 3.82. The molecule has 2 aromatic carbocycles. The van der Waals surface area contributed by atoms with Gasteiger partial charge in [-0.3, -0.25) is 9.69 Å². The van der Waals surface area contributed by atoms with Crippen LogP contribution in [0.2, 0.25) is 0 Å². The minimum atomic E-state index is -2.48. The zero-order chi connectivity index (χ0) is 37.2. The van der Waals surface area contributed by atoms with Crippen molar-refractivity contribution in [2.75, 3.05) is 49.6 Å². The Morgan fingerprint density at radius 2 is 1.94 bits per heavy atom. The maximum absolute atomic E-state index is 13.6. The third-order valence-corrected chi connectivity index (χ3v) is 16.1. The summed E-state index contributed by atoms with van der Waals surface area (Å²) < 4.78 is 33.7. The molecule has 0 N–H and O–H groups in total. The standard InChI is InChI=1S/C40H47F2N7O2S2/c1-6-33(50)49-18-17-48(21-28(49)13-15-43)36-29-14-16-47(31-12-8-11-26-10-7-9-24(2)34(26)31)22-30(29)44-38(45-36)51-23-32-39(4,53-32)46(5)37-25(3)35(52-37)27-19-40(41,42)20-27/h6-12,25,27-28,32,35,37H,1,13-14,16-23H2,2-5H3/t25-,28-,32?,35?,37?,39-/m0/s1. The normalized spacial score (nSPS) is 29.2. The molecule has 8 rings (SSSR count). The van der Waals surface area contributed by atoms with Crippen molar-refractivity contribution in [2.45, 2.75) is 85.7 Å². The lowest BCUT2D eigenvalue weighted by atomic mass is 9.75. The number of rotatable bonds is 10. The molecule has 4 fully saturated rings. The maximum Gasteiger partial charge on any atom is 0.318 e. The Balaban J connectivity index is 1.02. The number of carbonyl (C=O) groups is 1. The molecule has 0 bridgehead atoms. The lowest BCUT2D eigenvalue weighted by Crippen LogP contribution is -2.57. The lowest BCUT2D eigenvalue weighted by Gasteiger charge is -2.54. The number of fused-ring (bicyclic) bond motifs is 2. The van der Waals surface area contributed by atoms with Crippen LogP contribution in [0.1, 0.15) is 49.9 Å². The highest BCUT2D eigenvalue weighted by Crippen LogP contribution is 2.62. The molecule has 6 atom stereocenters. The summed E-state index contributed by atoms with van der Waals surface area (Å²) in [6, 6.07) is 15.2. The molecule has 13 heteroatoms. The number of piperazine rings is 1. The summed E-state index contributed by atoms with van der Waals surface area (Å²) >= 11 is 3.72. The summed E-state index contributed by atoms with van der Waals surface area (Å²) in [4.78, 5) is 31.4. The second-order valence-electron chi connectivity index (χ2n) is 15.5. The van der Waals surface area contributed by atoms with Crippen molar-refractivity contribution < 1.29 is 18.3 Å². The van der Waals surface area contributed by atoms with Crippen LogP contribution in [-0.2, 0) is 17.8 Å². The maximum atomic E-state index is 13.6. The first kappa shape index (κ1) is 36.4. The van der Waals surface area contributed by atoms with Gasteiger partial charge in [-0.1, -0.05) is 43.8 Å². The van der Waals surface area contributed by atoms with Gasteiger partial charge in [0.2, 0.25) is 11.8 Å². The summed E-state index contributed by atoms with van der Waals surface area (Å²) in [6.45, 7) is 13.7. The Hall–Kier alpha value is -3.60. The van der Waals surface area contributed by atoms with Gasteiger partial charge in [0, 0.05) is 60.9 Å². The van der Waals surface area contributed by atoms with Crippen LogP contribution in [-0.4, -0.2) is 98.2 Å². The number of alkyl halides is 2. The number of aromatic nitrogens is 2. The fourth-order valence-electron chi connectivity index (χ4n) is 8.99. The molecule has 3 aromatic rings. The van der Waals surface area contributed by atoms with Crippen molar-refractivity contribution in [1.82, 2.24) is 19.8 Å². The Bertz CT molecular complexity index is 1960. The molecule has 1 saturated carbocycles. The Kier molecular flexibility index (Phi) is 9.55. The predicted octanol–water partition coefficient (Wildman–Crippen LogP) is 6.88. The van der Waals surface area contributed by atoms with Gasteiger partial charge < -0.3 is 19.4 Å². The van der Waals surface area contributed by atoms with Crippen LogP contribution in [0.4, 0.5) is 20.3 Å². The van der Waals surface area contributed by atoms with Crippen molar-refractivity contribution in [3.63, 3.8) is 0 Å². The number of amides is 1. The van der Waals surface area contributed by atoms with E-state index < -0.39 is 5.92 Å². The molecule has 1 amide bonds. The molecule has 0 spiro atoms. The third kappa shape index (κ3) is 6.63. The zero-order valence-electron chi connectivity index (χ0n) is 30.8. The van der Waals surface area contributed by atoms with Crippen LogP contribution in [0.15, 0.2) is 49.1 Å². The van der Waals surface area contributed by atoms with E-state index >= 15 is 0 Å². The SMILES string of the molecule is C=CC(=O)N1CCN(c2nc(OCC3S[C@]3(C)N(C)C3SC(C4CC(F)(F)C4)[C@@H]3C)nc3c2CCN(c2cccc4cccc(C)c24)C3)C[C@@H]1CC#N. The Labute approximate surface area is 319 Å². The van der Waals surface area contributed by atoms with Gasteiger partial charge in [0.1, 0.15) is 12.4 Å². The third-order valence-electron chi connectivity index (χ3n) is 12.2. The van der Waals surface area contributed by atoms with E-state index in [9.17, 15) is 18.8 Å². The van der Waals surface area contributed by atoms with Crippen LogP contribution in [0.5, 0.6) is 6.01 Å². The molecular weight excluding hydrogens is 713 g/mol. The van der Waals surface area contributed by atoms with E-state index in [0.717, 1.165) is 30.0 Å². The van der Waals surface area contributed by atoms with E-state index in [4.69, 9.17) is 14.7 Å². The fourth-order valence-corrected chi connectivity index (χ4v) is 11.9. The van der Waals surface area contributed by atoms with Crippen LogP contribution < -0.4 is 14.5 Å². The number of carbonyl (C=O) groups excluding carboxylic acids is 1. The van der Waals surface area contributed by atoms with Gasteiger partial charge in [0.25, 0.3) is 0 Å². The molecule has 1 aliphatic carbocycles. The zero-order valence-corrected chi connectivity index (χ0v) is 32.4. The Morgan fingerprint density at radius 1 is 1.17 bits per heavy atom. The number of anilines is 2. The molecule has 0 radical (unpaired) electrons. The molecule has 4 aliphatic heterocycles. The van der Waals surface area contributed by atoms with Crippen molar-refractivity contribution >= 4 is 51.7 Å². The first-order valence-electron chi connectivity index (χ1n) is 18.7. The van der Waals surface area contributed by atoms with Crippen molar-refractivity contribution in [2.24, 2.45) is 11.8 Å². The number of nitrogens with zero attached hydrogens (tertiary/aromatic N) is 7. The number of hydrogen-bond donors (Lipinski definition) is 0. The number of ether oxygens (including phenoxy) is 1. The van der Waals surface area contributed by atoms with Gasteiger partial charge in [-0.25, -0.2) is 8.78 Å². The van der Waals surface area contributed by atoms with Crippen LogP contribution in [0.25, 0.3) is 10.8 Å². The van der Waals surface area contributed by atoms with Gasteiger partial charge >= 0.3 is 6.01 Å². The van der Waals surface area contributed by atoms with Crippen molar-refractivity contribution in [3.8, 4) is 12.1 Å². The van der Waals surface area contributed by atoms with Crippen LogP contribution in [0.3, 0.4) is 0 Å². The molecule has 1 aromatic heterocycles. The minimum absolute atomic E-state index is 0.0254. The van der Waals surface area contributed by atoms with Gasteiger partial charge in [-0.15, -0.1) is 23.5 Å². The molecule has 9 nitrogen and oxygen atoms in total. The average molecular weight is 760 g/mol. The second-order valence-corrected chi connectivity index (χ2v) is 18.5. The quantitative estimate of drug-likeness (QED) is 0.161. The van der Waals surface area contributed by atoms with Crippen molar-refractivity contribution in [1.29, 1.82) is 5.26 Å². The van der Waals surface area contributed by atoms with Gasteiger partial charge in [-0.05, 0) is 62.2 Å². The Morgan fingerprint density at radius 3 is 2.66 bits per heavy atom. The largest absolute Gasteiger partial charge is 0.462 e. The minimum Gasteiger partial charge on any atom is -0.462 e. The number of nitriles is 1. The van der Waals surface area contributed by atoms with Crippen LogP contribution in [0, 0.1) is 30.1 Å². The highest BCUT2D eigenvalue weighted by Gasteiger charge is 2.62. The van der Waals surface area contributed by atoms with Gasteiger partial charge in [-0.2, -0.15) is 15.2 Å². The van der Waals surface area contributed by atoms with Crippen LogP contribution >= 0.6 is 23.5 Å². The summed E-state index contributed by atoms with van der Waals surface area (Å²) in [5.41, 5.74) is 4.43. The summed E-state index contributed by atoms with van der Waals surface area (Å²) in [5.74, 6) is -1.35. The molecule has 280 valence electrons. The highest BCUT2D eigenvalue weighted by molar-refractivity contribution is 8.08. The summed E-state index contributed by atoms with van der Waals surface area (Å²) in [7, 11) is 2.15. The number of benzene rings is 2. The molecule has 5 aliphatic rings. The van der Waals surface area contributed by atoms with E-state index in [0.29, 0.717) is 55.3 Å². The summed E-state index contributed by atoms with van der Waals surface area (Å²) in [6.07, 6.45) is 2.34. The molecule has 3 saturated heterocycles. The number of hydrogen-bond acceptors (Lipinski definition) is 10. The lowest BCUT2D eigenvalue weighted by molar-refractivity contribution is -0.128. The fraction of sp³-hybridized carbons (Fsp3) is 0.550. The first-order valence-corrected chi connectivity index (χ1v) is 20.5. The number of halogens is 2. The van der Waals surface area contributed by atoms with E-state index in [1.165, 1.54) is 28.1 Å². The molecule has 53 heavy (non-hydrogen) atoms. The monoisotopic (exact) mass is 759 g/mol. The number of thioether (sulfide) groups is 2. The van der Waals surface area contributed by atoms with Crippen molar-refractivity contribution in [3.05, 3.63) is 65.9 Å². The van der Waals surface area contributed by atoms with Gasteiger partial charge in [0.05, 0.1) is 46.3 Å². The summed E-state index contributed by atoms with van der Waals surface area (Å²) in [5, 5.41) is 12.9. The topological polar surface area (TPSA) is 88.8 Å². The molecule has 5 heterocycles. The first-order chi connectivity index (χ1) is 25.4. The predicted molar refractivity (Wildman–Crippen MR) is 209 cm³/mol. The van der Waals surface area contributed by atoms with E-state index in [-0.39, 0.29) is 47.3 Å². The smallest absolute Gasteiger partial charge is 0.318 e. The van der Waals surface area contributed by atoms with E-state index in [1.54, 1.807) is 4.90 Å². The van der Waals surface area contributed by atoms with E-state index in [2.05, 4.69) is 91.6 Å². The molecule has 3 unspecified atom stereocenters. The van der Waals surface area contributed by atoms with E-state index in [1.807, 2.05) is 23.5 Å². The second kappa shape index (κ2) is 13.9.